The van der Waals surface area contributed by atoms with Crippen molar-refractivity contribution in [2.45, 2.75) is 57.1 Å². The summed E-state index contributed by atoms with van der Waals surface area (Å²) in [4.78, 5) is 39.8. The Balaban J connectivity index is 1.53. The molecular formula is C29H33NO6. The van der Waals surface area contributed by atoms with E-state index in [9.17, 15) is 19.5 Å². The number of carboxylic acid groups (broad SMARTS) is 1. The third-order valence-electron chi connectivity index (χ3n) is 7.12. The fraction of sp³-hybridized carbons (Fsp3) is 0.414. The number of benzene rings is 2. The second kappa shape index (κ2) is 10.6. The molecule has 7 heteroatoms. The number of hydrogen-bond acceptors (Lipinski definition) is 5. The fourth-order valence-electron chi connectivity index (χ4n) is 5.43. The molecule has 1 heterocycles. The number of carbonyl (C=O) groups excluding carboxylic acids is 2. The SMILES string of the molecule is C=CC[C@@]1(C(=O)O[C@@H](CC(C)C)C(=O)O)CCCN1C(=O)OCC1c2ccccc2-c2ccccc21. The van der Waals surface area contributed by atoms with Gasteiger partial charge in [0.2, 0.25) is 0 Å². The van der Waals surface area contributed by atoms with Gasteiger partial charge in [-0.1, -0.05) is 68.5 Å². The van der Waals surface area contributed by atoms with Crippen LogP contribution in [0.1, 0.15) is 56.6 Å². The van der Waals surface area contributed by atoms with Gasteiger partial charge in [-0.05, 0) is 53.9 Å². The monoisotopic (exact) mass is 491 g/mol. The first kappa shape index (κ1) is 25.5. The van der Waals surface area contributed by atoms with Crippen molar-refractivity contribution in [3.05, 3.63) is 72.3 Å². The number of carbonyl (C=O) groups is 3. The van der Waals surface area contributed by atoms with Gasteiger partial charge in [0, 0.05) is 12.5 Å². The van der Waals surface area contributed by atoms with E-state index in [1.165, 1.54) is 4.90 Å². The van der Waals surface area contributed by atoms with Crippen molar-refractivity contribution < 1.29 is 29.0 Å². The highest BCUT2D eigenvalue weighted by Gasteiger charge is 2.52. The van der Waals surface area contributed by atoms with E-state index in [0.29, 0.717) is 19.4 Å². The van der Waals surface area contributed by atoms with E-state index in [4.69, 9.17) is 9.47 Å². The van der Waals surface area contributed by atoms with E-state index in [0.717, 1.165) is 22.3 Å². The van der Waals surface area contributed by atoms with Crippen molar-refractivity contribution in [1.29, 1.82) is 0 Å². The maximum Gasteiger partial charge on any atom is 0.410 e. The highest BCUT2D eigenvalue weighted by atomic mass is 16.6. The minimum Gasteiger partial charge on any atom is -0.479 e. The number of nitrogens with zero attached hydrogens (tertiary/aromatic N) is 1. The maximum absolute atomic E-state index is 13.4. The largest absolute Gasteiger partial charge is 0.479 e. The van der Waals surface area contributed by atoms with Crippen LogP contribution >= 0.6 is 0 Å². The average molecular weight is 492 g/mol. The average Bonchev–Trinajstić information content (AvgIpc) is 3.42. The third-order valence-corrected chi connectivity index (χ3v) is 7.12. The number of ether oxygens (including phenoxy) is 2. The predicted octanol–water partition coefficient (Wildman–Crippen LogP) is 5.39. The van der Waals surface area contributed by atoms with E-state index in [2.05, 4.69) is 18.7 Å². The van der Waals surface area contributed by atoms with Gasteiger partial charge in [-0.15, -0.1) is 6.58 Å². The molecule has 1 saturated heterocycles. The van der Waals surface area contributed by atoms with Crippen molar-refractivity contribution in [2.24, 2.45) is 5.92 Å². The second-order valence-corrected chi connectivity index (χ2v) is 9.95. The molecule has 0 aromatic heterocycles. The molecule has 0 unspecified atom stereocenters. The Morgan fingerprint density at radius 2 is 1.72 bits per heavy atom. The molecule has 190 valence electrons. The first-order valence-corrected chi connectivity index (χ1v) is 12.5. The number of likely N-dealkylation sites (tertiary alicyclic amines) is 1. The standard InChI is InChI=1S/C29H33NO6/c1-4-14-29(27(33)36-25(26(31)32)17-19(2)3)15-9-16-30(29)28(34)35-18-24-22-12-7-5-10-20(22)21-11-6-8-13-23(21)24/h4-8,10-13,19,24-25H,1,9,14-18H2,2-3H3,(H,31,32)/t25-,29-/m0/s1. The van der Waals surface area contributed by atoms with Gasteiger partial charge >= 0.3 is 18.0 Å². The van der Waals surface area contributed by atoms with Crippen LogP contribution in [0.15, 0.2) is 61.2 Å². The van der Waals surface area contributed by atoms with Crippen LogP contribution in [0.5, 0.6) is 0 Å². The van der Waals surface area contributed by atoms with Crippen molar-refractivity contribution in [1.82, 2.24) is 4.90 Å². The highest BCUT2D eigenvalue weighted by Crippen LogP contribution is 2.45. The van der Waals surface area contributed by atoms with Crippen LogP contribution in [0.4, 0.5) is 4.79 Å². The van der Waals surface area contributed by atoms with Crippen LogP contribution < -0.4 is 0 Å². The lowest BCUT2D eigenvalue weighted by atomic mass is 9.92. The Morgan fingerprint density at radius 1 is 1.11 bits per heavy atom. The van der Waals surface area contributed by atoms with E-state index >= 15 is 0 Å². The maximum atomic E-state index is 13.4. The first-order valence-electron chi connectivity index (χ1n) is 12.5. The van der Waals surface area contributed by atoms with E-state index in [-0.39, 0.29) is 31.3 Å². The molecule has 1 N–H and O–H groups in total. The minimum atomic E-state index is -1.32. The van der Waals surface area contributed by atoms with Crippen molar-refractivity contribution in [2.75, 3.05) is 13.2 Å². The summed E-state index contributed by atoms with van der Waals surface area (Å²) in [5.41, 5.74) is 3.13. The van der Waals surface area contributed by atoms with Crippen LogP contribution in [-0.2, 0) is 19.1 Å². The molecule has 0 bridgehead atoms. The molecular weight excluding hydrogens is 458 g/mol. The number of carboxylic acids is 1. The summed E-state index contributed by atoms with van der Waals surface area (Å²) in [7, 11) is 0. The lowest BCUT2D eigenvalue weighted by Gasteiger charge is -2.36. The molecule has 36 heavy (non-hydrogen) atoms. The molecule has 2 aromatic rings. The van der Waals surface area contributed by atoms with Crippen LogP contribution in [-0.4, -0.2) is 52.8 Å². The topological polar surface area (TPSA) is 93.1 Å². The summed E-state index contributed by atoms with van der Waals surface area (Å²) >= 11 is 0. The van der Waals surface area contributed by atoms with Gasteiger partial charge in [0.15, 0.2) is 6.10 Å². The molecule has 0 spiro atoms. The molecule has 2 atom stereocenters. The van der Waals surface area contributed by atoms with Gasteiger partial charge < -0.3 is 14.6 Å². The van der Waals surface area contributed by atoms with Crippen molar-refractivity contribution >= 4 is 18.0 Å². The first-order chi connectivity index (χ1) is 17.3. The number of amides is 1. The van der Waals surface area contributed by atoms with Gasteiger partial charge in [0.05, 0.1) is 0 Å². The van der Waals surface area contributed by atoms with E-state index in [1.807, 2.05) is 50.2 Å². The zero-order valence-electron chi connectivity index (χ0n) is 20.8. The normalized spacial score (nSPS) is 19.5. The number of esters is 1. The van der Waals surface area contributed by atoms with Gasteiger partial charge in [-0.2, -0.15) is 0 Å². The minimum absolute atomic E-state index is 0.0241. The molecule has 1 fully saturated rings. The Hall–Kier alpha value is -3.61. The molecule has 1 aliphatic heterocycles. The van der Waals surface area contributed by atoms with Gasteiger partial charge in [-0.3, -0.25) is 4.90 Å². The molecule has 2 aliphatic rings. The lowest BCUT2D eigenvalue weighted by molar-refractivity contribution is -0.172. The number of fused-ring (bicyclic) bond motifs is 3. The summed E-state index contributed by atoms with van der Waals surface area (Å²) in [5.74, 6) is -2.00. The lowest BCUT2D eigenvalue weighted by Crippen LogP contribution is -2.55. The molecule has 7 nitrogen and oxygen atoms in total. The number of rotatable bonds is 9. The summed E-state index contributed by atoms with van der Waals surface area (Å²) < 4.78 is 11.3. The van der Waals surface area contributed by atoms with Crippen LogP contribution in [0.3, 0.4) is 0 Å². The van der Waals surface area contributed by atoms with E-state index < -0.39 is 29.7 Å². The van der Waals surface area contributed by atoms with Crippen LogP contribution in [0, 0.1) is 5.92 Å². The predicted molar refractivity (Wildman–Crippen MR) is 136 cm³/mol. The molecule has 0 radical (unpaired) electrons. The third kappa shape index (κ3) is 4.74. The summed E-state index contributed by atoms with van der Waals surface area (Å²) in [6.07, 6.45) is 0.966. The molecule has 2 aromatic carbocycles. The summed E-state index contributed by atoms with van der Waals surface area (Å²) in [6, 6.07) is 16.2. The summed E-state index contributed by atoms with van der Waals surface area (Å²) in [6.45, 7) is 7.94. The summed E-state index contributed by atoms with van der Waals surface area (Å²) in [5, 5.41) is 9.57. The molecule has 1 amide bonds. The highest BCUT2D eigenvalue weighted by molar-refractivity contribution is 5.89. The van der Waals surface area contributed by atoms with Gasteiger partial charge in [0.25, 0.3) is 0 Å². The Bertz CT molecular complexity index is 1110. The fourth-order valence-corrected chi connectivity index (χ4v) is 5.43. The second-order valence-electron chi connectivity index (χ2n) is 9.95. The van der Waals surface area contributed by atoms with Crippen molar-refractivity contribution in [3.63, 3.8) is 0 Å². The Labute approximate surface area is 211 Å². The van der Waals surface area contributed by atoms with Crippen LogP contribution in [0.25, 0.3) is 11.1 Å². The number of aliphatic carboxylic acids is 1. The van der Waals surface area contributed by atoms with Gasteiger partial charge in [-0.25, -0.2) is 14.4 Å². The Kier molecular flexibility index (Phi) is 7.48. The Morgan fingerprint density at radius 3 is 2.28 bits per heavy atom. The molecule has 1 aliphatic carbocycles. The molecule has 0 saturated carbocycles. The quantitative estimate of drug-likeness (QED) is 0.374. The molecule has 4 rings (SSSR count). The van der Waals surface area contributed by atoms with Crippen LogP contribution in [0.2, 0.25) is 0 Å². The smallest absolute Gasteiger partial charge is 0.410 e. The zero-order chi connectivity index (χ0) is 25.9. The number of hydrogen-bond donors (Lipinski definition) is 1. The van der Waals surface area contributed by atoms with E-state index in [1.54, 1.807) is 6.08 Å². The van der Waals surface area contributed by atoms with Gasteiger partial charge in [0.1, 0.15) is 12.1 Å². The van der Waals surface area contributed by atoms with Crippen molar-refractivity contribution in [3.8, 4) is 11.1 Å². The zero-order valence-corrected chi connectivity index (χ0v) is 20.8.